The van der Waals surface area contributed by atoms with Crippen molar-refractivity contribution in [2.24, 2.45) is 0 Å². The Morgan fingerprint density at radius 1 is 1.55 bits per heavy atom. The van der Waals surface area contributed by atoms with Crippen molar-refractivity contribution in [3.05, 3.63) is 23.8 Å². The van der Waals surface area contributed by atoms with Crippen molar-refractivity contribution < 1.29 is 0 Å². The fraction of sp³-hybridized carbons (Fsp3) is 0.125. The van der Waals surface area contributed by atoms with E-state index in [4.69, 9.17) is 5.26 Å². The number of rotatable bonds is 0. The Balaban J connectivity index is 2.51. The van der Waals surface area contributed by atoms with Crippen molar-refractivity contribution in [2.45, 2.75) is 4.90 Å². The molecule has 2 nitrogen and oxygen atoms in total. The molecule has 1 aliphatic rings. The molecule has 3 heteroatoms. The Kier molecular flexibility index (Phi) is 1.48. The molecule has 1 N–H and O–H groups in total. The molecule has 0 bridgehead atoms. The summed E-state index contributed by atoms with van der Waals surface area (Å²) in [6, 6.07) is 7.82. The number of anilines is 1. The molecule has 0 aliphatic carbocycles. The van der Waals surface area contributed by atoms with Crippen LogP contribution in [0.1, 0.15) is 5.56 Å². The molecule has 0 aromatic heterocycles. The van der Waals surface area contributed by atoms with Crippen molar-refractivity contribution in [3.8, 4) is 6.07 Å². The molecule has 1 aromatic carbocycles. The van der Waals surface area contributed by atoms with Gasteiger partial charge in [0, 0.05) is 10.6 Å². The van der Waals surface area contributed by atoms with Gasteiger partial charge in [-0.1, -0.05) is 0 Å². The molecule has 0 amide bonds. The lowest BCUT2D eigenvalue weighted by molar-refractivity contribution is 1.40. The average Bonchev–Trinajstić information content (AvgIpc) is 2.50. The zero-order valence-electron chi connectivity index (χ0n) is 5.79. The van der Waals surface area contributed by atoms with Gasteiger partial charge in [0.2, 0.25) is 0 Å². The summed E-state index contributed by atoms with van der Waals surface area (Å²) < 4.78 is 0. The summed E-state index contributed by atoms with van der Waals surface area (Å²) >= 11 is 1.77. The number of hydrogen-bond donors (Lipinski definition) is 1. The summed E-state index contributed by atoms with van der Waals surface area (Å²) in [5.41, 5.74) is 1.81. The van der Waals surface area contributed by atoms with E-state index in [0.717, 1.165) is 17.1 Å². The molecule has 1 aromatic rings. The van der Waals surface area contributed by atoms with Crippen molar-refractivity contribution in [1.82, 2.24) is 0 Å². The monoisotopic (exact) mass is 162 g/mol. The van der Waals surface area contributed by atoms with Crippen LogP contribution in [-0.4, -0.2) is 5.88 Å². The van der Waals surface area contributed by atoms with Crippen molar-refractivity contribution in [3.63, 3.8) is 0 Å². The minimum absolute atomic E-state index is 0.721. The maximum absolute atomic E-state index is 8.58. The first-order chi connectivity index (χ1) is 5.40. The van der Waals surface area contributed by atoms with Crippen LogP contribution in [0.25, 0.3) is 0 Å². The lowest BCUT2D eigenvalue weighted by Crippen LogP contribution is -1.88. The van der Waals surface area contributed by atoms with Gasteiger partial charge in [0.05, 0.1) is 17.5 Å². The number of benzene rings is 1. The van der Waals surface area contributed by atoms with E-state index in [1.807, 2.05) is 18.2 Å². The van der Waals surface area contributed by atoms with E-state index in [1.165, 1.54) is 4.90 Å². The average molecular weight is 162 g/mol. The SMILES string of the molecule is N#Cc1ccc2c(c1)NCS2. The van der Waals surface area contributed by atoms with Gasteiger partial charge >= 0.3 is 0 Å². The molecule has 0 spiro atoms. The van der Waals surface area contributed by atoms with Crippen molar-refractivity contribution in [2.75, 3.05) is 11.2 Å². The largest absolute Gasteiger partial charge is 0.375 e. The van der Waals surface area contributed by atoms with Crippen molar-refractivity contribution >= 4 is 17.4 Å². The summed E-state index contributed by atoms with van der Waals surface area (Å²) in [5, 5.41) is 11.8. The van der Waals surface area contributed by atoms with E-state index < -0.39 is 0 Å². The highest BCUT2D eigenvalue weighted by molar-refractivity contribution is 7.99. The number of hydrogen-bond acceptors (Lipinski definition) is 3. The third-order valence-corrected chi connectivity index (χ3v) is 2.55. The number of nitriles is 1. The van der Waals surface area contributed by atoms with E-state index >= 15 is 0 Å². The second-order valence-electron chi connectivity index (χ2n) is 2.29. The van der Waals surface area contributed by atoms with Gasteiger partial charge in [-0.05, 0) is 18.2 Å². The van der Waals surface area contributed by atoms with E-state index in [9.17, 15) is 0 Å². The summed E-state index contributed by atoms with van der Waals surface area (Å²) in [6.07, 6.45) is 0. The van der Waals surface area contributed by atoms with Crippen LogP contribution in [0.3, 0.4) is 0 Å². The highest BCUT2D eigenvalue weighted by atomic mass is 32.2. The standard InChI is InChI=1S/C8H6N2S/c9-4-6-1-2-8-7(3-6)10-5-11-8/h1-3,10H,5H2. The Bertz CT molecular complexity index is 327. The summed E-state index contributed by atoms with van der Waals surface area (Å²) in [4.78, 5) is 1.24. The smallest absolute Gasteiger partial charge is 0.0992 e. The Morgan fingerprint density at radius 2 is 2.45 bits per heavy atom. The van der Waals surface area contributed by atoms with Crippen LogP contribution >= 0.6 is 11.8 Å². The van der Waals surface area contributed by atoms with Crippen LogP contribution in [0, 0.1) is 11.3 Å². The number of thioether (sulfide) groups is 1. The molecule has 0 fully saturated rings. The normalized spacial score (nSPS) is 13.4. The first-order valence-electron chi connectivity index (χ1n) is 3.31. The third kappa shape index (κ3) is 1.06. The predicted molar refractivity (Wildman–Crippen MR) is 45.5 cm³/mol. The lowest BCUT2D eigenvalue weighted by atomic mass is 10.2. The molecular weight excluding hydrogens is 156 g/mol. The quantitative estimate of drug-likeness (QED) is 0.634. The van der Waals surface area contributed by atoms with Gasteiger partial charge in [-0.15, -0.1) is 11.8 Å². The first-order valence-corrected chi connectivity index (χ1v) is 4.29. The van der Waals surface area contributed by atoms with Crippen LogP contribution in [0.2, 0.25) is 0 Å². The highest BCUT2D eigenvalue weighted by Crippen LogP contribution is 2.33. The number of nitrogens with zero attached hydrogens (tertiary/aromatic N) is 1. The number of fused-ring (bicyclic) bond motifs is 1. The number of nitrogens with one attached hydrogen (secondary N) is 1. The Labute approximate surface area is 69.2 Å². The van der Waals surface area contributed by atoms with E-state index in [-0.39, 0.29) is 0 Å². The minimum Gasteiger partial charge on any atom is -0.375 e. The topological polar surface area (TPSA) is 35.8 Å². The Hall–Kier alpha value is -1.14. The maximum atomic E-state index is 8.58. The molecule has 2 rings (SSSR count). The van der Waals surface area contributed by atoms with Gasteiger partial charge in [0.15, 0.2) is 0 Å². The van der Waals surface area contributed by atoms with Crippen LogP contribution in [0.4, 0.5) is 5.69 Å². The fourth-order valence-corrected chi connectivity index (χ4v) is 1.89. The molecule has 0 unspecified atom stereocenters. The van der Waals surface area contributed by atoms with Gasteiger partial charge in [0.25, 0.3) is 0 Å². The molecule has 0 atom stereocenters. The second kappa shape index (κ2) is 2.48. The van der Waals surface area contributed by atoms with E-state index in [2.05, 4.69) is 11.4 Å². The van der Waals surface area contributed by atoms with Gasteiger partial charge in [-0.2, -0.15) is 5.26 Å². The van der Waals surface area contributed by atoms with Gasteiger partial charge in [-0.3, -0.25) is 0 Å². The maximum Gasteiger partial charge on any atom is 0.0992 e. The predicted octanol–water partition coefficient (Wildman–Crippen LogP) is 2.03. The van der Waals surface area contributed by atoms with Gasteiger partial charge in [0.1, 0.15) is 0 Å². The van der Waals surface area contributed by atoms with Crippen LogP contribution in [0.15, 0.2) is 23.1 Å². The zero-order chi connectivity index (χ0) is 7.68. The van der Waals surface area contributed by atoms with Crippen LogP contribution in [-0.2, 0) is 0 Å². The molecule has 1 heterocycles. The molecule has 1 aliphatic heterocycles. The molecule has 54 valence electrons. The van der Waals surface area contributed by atoms with Gasteiger partial charge < -0.3 is 5.32 Å². The zero-order valence-corrected chi connectivity index (χ0v) is 6.61. The highest BCUT2D eigenvalue weighted by Gasteiger charge is 2.09. The summed E-state index contributed by atoms with van der Waals surface area (Å²) in [6.45, 7) is 0. The minimum atomic E-state index is 0.721. The molecular formula is C8H6N2S. The van der Waals surface area contributed by atoms with Crippen LogP contribution < -0.4 is 5.32 Å². The van der Waals surface area contributed by atoms with Gasteiger partial charge in [-0.25, -0.2) is 0 Å². The fourth-order valence-electron chi connectivity index (χ4n) is 1.06. The van der Waals surface area contributed by atoms with Crippen molar-refractivity contribution in [1.29, 1.82) is 5.26 Å². The Morgan fingerprint density at radius 3 is 3.27 bits per heavy atom. The summed E-state index contributed by atoms with van der Waals surface area (Å²) in [5.74, 6) is 0.921. The van der Waals surface area contributed by atoms with E-state index in [1.54, 1.807) is 11.8 Å². The molecule has 0 saturated carbocycles. The molecule has 0 radical (unpaired) electrons. The second-order valence-corrected chi connectivity index (χ2v) is 3.31. The lowest BCUT2D eigenvalue weighted by Gasteiger charge is -1.96. The van der Waals surface area contributed by atoms with Crippen LogP contribution in [0.5, 0.6) is 0 Å². The molecule has 0 saturated heterocycles. The van der Waals surface area contributed by atoms with E-state index in [0.29, 0.717) is 0 Å². The summed E-state index contributed by atoms with van der Waals surface area (Å²) in [7, 11) is 0. The third-order valence-electron chi connectivity index (χ3n) is 1.60. The first kappa shape index (κ1) is 6.56. The molecule has 11 heavy (non-hydrogen) atoms.